The number of aromatic nitrogens is 2. The lowest BCUT2D eigenvalue weighted by molar-refractivity contribution is 0.238. The molecule has 0 unspecified atom stereocenters. The van der Waals surface area contributed by atoms with Crippen LogP contribution in [-0.2, 0) is 19.5 Å². The van der Waals surface area contributed by atoms with Crippen molar-refractivity contribution in [1.82, 2.24) is 14.9 Å². The number of ether oxygens (including phenoxy) is 2. The van der Waals surface area contributed by atoms with Gasteiger partial charge in [-0.3, -0.25) is 4.90 Å². The van der Waals surface area contributed by atoms with E-state index in [-0.39, 0.29) is 0 Å². The molecule has 1 saturated heterocycles. The molecule has 32 heavy (non-hydrogen) atoms. The molecule has 2 aliphatic heterocycles. The Balaban J connectivity index is 1.43. The molecule has 0 amide bonds. The van der Waals surface area contributed by atoms with Crippen LogP contribution in [0.1, 0.15) is 36.1 Å². The van der Waals surface area contributed by atoms with Crippen molar-refractivity contribution in [2.45, 2.75) is 38.8 Å². The predicted octanol–water partition coefficient (Wildman–Crippen LogP) is 4.83. The summed E-state index contributed by atoms with van der Waals surface area (Å²) in [6.07, 6.45) is 4.58. The zero-order valence-corrected chi connectivity index (χ0v) is 18.7. The molecule has 166 valence electrons. The van der Waals surface area contributed by atoms with E-state index in [0.29, 0.717) is 5.88 Å². The third-order valence-electron chi connectivity index (χ3n) is 6.23. The number of benzene rings is 2. The molecule has 0 spiro atoms. The highest BCUT2D eigenvalue weighted by Gasteiger charge is 2.26. The Hall–Kier alpha value is -3.12. The highest BCUT2D eigenvalue weighted by molar-refractivity contribution is 5.44. The van der Waals surface area contributed by atoms with Crippen LogP contribution >= 0.6 is 0 Å². The quantitative estimate of drug-likeness (QED) is 0.559. The number of methoxy groups -OCH3 is 1. The van der Waals surface area contributed by atoms with Gasteiger partial charge in [-0.05, 0) is 49.1 Å². The lowest BCUT2D eigenvalue weighted by atomic mass is 10.1. The van der Waals surface area contributed by atoms with Crippen LogP contribution in [0, 0.1) is 0 Å². The maximum absolute atomic E-state index is 6.32. The van der Waals surface area contributed by atoms with Crippen LogP contribution in [0.5, 0.6) is 17.4 Å². The number of piperidine rings is 1. The van der Waals surface area contributed by atoms with Crippen molar-refractivity contribution >= 4 is 5.95 Å². The summed E-state index contributed by atoms with van der Waals surface area (Å²) in [6, 6.07) is 18.2. The number of anilines is 1. The van der Waals surface area contributed by atoms with E-state index in [1.165, 1.54) is 24.8 Å². The monoisotopic (exact) mass is 430 g/mol. The molecule has 6 nitrogen and oxygen atoms in total. The van der Waals surface area contributed by atoms with E-state index in [2.05, 4.69) is 21.9 Å². The summed E-state index contributed by atoms with van der Waals surface area (Å²) in [7, 11) is 1.71. The molecule has 1 fully saturated rings. The van der Waals surface area contributed by atoms with Gasteiger partial charge in [0.15, 0.2) is 0 Å². The average molecular weight is 431 g/mol. The van der Waals surface area contributed by atoms with Crippen LogP contribution in [-0.4, -0.2) is 41.6 Å². The summed E-state index contributed by atoms with van der Waals surface area (Å²) in [6.45, 7) is 4.63. The molecule has 0 N–H and O–H groups in total. The molecule has 0 atom stereocenters. The van der Waals surface area contributed by atoms with Crippen molar-refractivity contribution in [3.8, 4) is 17.4 Å². The first-order valence-corrected chi connectivity index (χ1v) is 11.5. The lowest BCUT2D eigenvalue weighted by Gasteiger charge is -2.32. The Morgan fingerprint density at radius 3 is 2.50 bits per heavy atom. The molecule has 0 radical (unpaired) electrons. The number of rotatable bonds is 6. The molecule has 0 bridgehead atoms. The average Bonchev–Trinajstić information content (AvgIpc) is 2.85. The van der Waals surface area contributed by atoms with Crippen LogP contribution in [0.3, 0.4) is 0 Å². The van der Waals surface area contributed by atoms with Crippen molar-refractivity contribution in [2.24, 2.45) is 0 Å². The first-order chi connectivity index (χ1) is 15.8. The summed E-state index contributed by atoms with van der Waals surface area (Å²) in [5, 5.41) is 0. The maximum Gasteiger partial charge on any atom is 0.228 e. The topological polar surface area (TPSA) is 50.7 Å². The third-order valence-corrected chi connectivity index (χ3v) is 6.23. The molecule has 0 saturated carbocycles. The van der Waals surface area contributed by atoms with Crippen LogP contribution in [0.4, 0.5) is 5.95 Å². The number of nitrogens with zero attached hydrogens (tertiary/aromatic N) is 4. The summed E-state index contributed by atoms with van der Waals surface area (Å²) >= 11 is 0. The molecule has 6 heteroatoms. The van der Waals surface area contributed by atoms with Gasteiger partial charge in [-0.2, -0.15) is 4.98 Å². The third kappa shape index (κ3) is 4.70. The van der Waals surface area contributed by atoms with Crippen molar-refractivity contribution in [3.63, 3.8) is 0 Å². The fourth-order valence-corrected chi connectivity index (χ4v) is 4.51. The van der Waals surface area contributed by atoms with Gasteiger partial charge in [0.1, 0.15) is 11.5 Å². The van der Waals surface area contributed by atoms with Gasteiger partial charge in [0, 0.05) is 39.1 Å². The van der Waals surface area contributed by atoms with Crippen LogP contribution in [0.15, 0.2) is 54.6 Å². The SMILES string of the molecule is COc1cccc(CN2CCc3nc(N4CCCCC4)nc(Oc4ccccc4)c3C2)c1. The normalized spacial score (nSPS) is 16.5. The summed E-state index contributed by atoms with van der Waals surface area (Å²) in [4.78, 5) is 14.7. The Morgan fingerprint density at radius 1 is 0.875 bits per heavy atom. The van der Waals surface area contributed by atoms with Gasteiger partial charge in [0.2, 0.25) is 11.8 Å². The molecule has 0 aliphatic carbocycles. The van der Waals surface area contributed by atoms with Crippen molar-refractivity contribution in [3.05, 3.63) is 71.4 Å². The Kier molecular flexibility index (Phi) is 6.21. The summed E-state index contributed by atoms with van der Waals surface area (Å²) in [5.41, 5.74) is 3.46. The second-order valence-electron chi connectivity index (χ2n) is 8.53. The van der Waals surface area contributed by atoms with E-state index in [1.807, 2.05) is 42.5 Å². The largest absolute Gasteiger partial charge is 0.497 e. The molecular formula is C26H30N4O2. The second kappa shape index (κ2) is 9.57. The number of fused-ring (bicyclic) bond motifs is 1. The molecule has 2 aromatic carbocycles. The Labute approximate surface area is 189 Å². The van der Waals surface area contributed by atoms with Gasteiger partial charge in [0.05, 0.1) is 18.4 Å². The van der Waals surface area contributed by atoms with Gasteiger partial charge in [-0.1, -0.05) is 30.3 Å². The fourth-order valence-electron chi connectivity index (χ4n) is 4.51. The minimum atomic E-state index is 0.692. The Bertz CT molecular complexity index is 1050. The summed E-state index contributed by atoms with van der Waals surface area (Å²) in [5.74, 6) is 3.21. The molecular weight excluding hydrogens is 400 g/mol. The van der Waals surface area contributed by atoms with Gasteiger partial charge in [-0.15, -0.1) is 0 Å². The zero-order chi connectivity index (χ0) is 21.8. The number of hydrogen-bond acceptors (Lipinski definition) is 6. The predicted molar refractivity (Wildman–Crippen MR) is 125 cm³/mol. The maximum atomic E-state index is 6.32. The Morgan fingerprint density at radius 2 is 1.69 bits per heavy atom. The molecule has 5 rings (SSSR count). The smallest absolute Gasteiger partial charge is 0.228 e. The van der Waals surface area contributed by atoms with Gasteiger partial charge in [-0.25, -0.2) is 4.98 Å². The fraction of sp³-hybridized carbons (Fsp3) is 0.385. The highest BCUT2D eigenvalue weighted by Crippen LogP contribution is 2.32. The van der Waals surface area contributed by atoms with Crippen molar-refractivity contribution in [1.29, 1.82) is 0 Å². The van der Waals surface area contributed by atoms with Gasteiger partial charge < -0.3 is 14.4 Å². The van der Waals surface area contributed by atoms with E-state index in [1.54, 1.807) is 7.11 Å². The summed E-state index contributed by atoms with van der Waals surface area (Å²) < 4.78 is 11.7. The van der Waals surface area contributed by atoms with Gasteiger partial charge in [0.25, 0.3) is 0 Å². The van der Waals surface area contributed by atoms with Crippen LogP contribution in [0.25, 0.3) is 0 Å². The molecule has 3 aromatic rings. The van der Waals surface area contributed by atoms with Crippen molar-refractivity contribution < 1.29 is 9.47 Å². The zero-order valence-electron chi connectivity index (χ0n) is 18.7. The standard InChI is InChI=1S/C26H30N4O2/c1-31-22-12-8-9-20(17-22)18-29-16-13-24-23(19-29)25(32-21-10-4-2-5-11-21)28-26(27-24)30-14-6-3-7-15-30/h2,4-5,8-12,17H,3,6-7,13-16,18-19H2,1H3. The van der Waals surface area contributed by atoms with Crippen LogP contribution in [0.2, 0.25) is 0 Å². The lowest BCUT2D eigenvalue weighted by Crippen LogP contribution is -2.34. The van der Waals surface area contributed by atoms with E-state index < -0.39 is 0 Å². The van der Waals surface area contributed by atoms with E-state index in [4.69, 9.17) is 19.4 Å². The van der Waals surface area contributed by atoms with E-state index in [0.717, 1.165) is 67.8 Å². The molecule has 3 heterocycles. The number of hydrogen-bond donors (Lipinski definition) is 0. The van der Waals surface area contributed by atoms with Crippen molar-refractivity contribution in [2.75, 3.05) is 31.6 Å². The first kappa shape index (κ1) is 20.8. The second-order valence-corrected chi connectivity index (χ2v) is 8.53. The van der Waals surface area contributed by atoms with Gasteiger partial charge >= 0.3 is 0 Å². The van der Waals surface area contributed by atoms with Crippen LogP contribution < -0.4 is 14.4 Å². The van der Waals surface area contributed by atoms with E-state index in [9.17, 15) is 0 Å². The minimum absolute atomic E-state index is 0.692. The molecule has 1 aromatic heterocycles. The van der Waals surface area contributed by atoms with E-state index >= 15 is 0 Å². The minimum Gasteiger partial charge on any atom is -0.497 e. The first-order valence-electron chi connectivity index (χ1n) is 11.5. The molecule has 2 aliphatic rings. The number of para-hydroxylation sites is 1. The highest BCUT2D eigenvalue weighted by atomic mass is 16.5.